The van der Waals surface area contributed by atoms with E-state index in [1.807, 2.05) is 0 Å². The number of hydrogen-bond acceptors (Lipinski definition) is 2. The van der Waals surface area contributed by atoms with Crippen LogP contribution < -0.4 is 0 Å². The van der Waals surface area contributed by atoms with Crippen LogP contribution in [0.25, 0.3) is 0 Å². The molecule has 0 atom stereocenters. The first-order valence-corrected chi connectivity index (χ1v) is 6.77. The van der Waals surface area contributed by atoms with Gasteiger partial charge in [-0.15, -0.1) is 0 Å². The molecule has 0 aromatic heterocycles. The first-order chi connectivity index (χ1) is 8.88. The summed E-state index contributed by atoms with van der Waals surface area (Å²) in [7, 11) is 0. The average Bonchev–Trinajstić information content (AvgIpc) is 2.29. The summed E-state index contributed by atoms with van der Waals surface area (Å²) in [4.78, 5) is 10.5. The highest BCUT2D eigenvalue weighted by molar-refractivity contribution is 5.66. The summed E-state index contributed by atoms with van der Waals surface area (Å²) < 4.78 is 42.5. The SMILES string of the molecule is CCCCCCCC/C(=C\COC(C)=O)C(F)(F)F. The molecule has 0 radical (unpaired) electrons. The second-order valence-corrected chi connectivity index (χ2v) is 4.55. The van der Waals surface area contributed by atoms with Crippen LogP contribution in [0, 0.1) is 0 Å². The monoisotopic (exact) mass is 280 g/mol. The van der Waals surface area contributed by atoms with Crippen molar-refractivity contribution in [1.29, 1.82) is 0 Å². The topological polar surface area (TPSA) is 26.3 Å². The Morgan fingerprint density at radius 1 is 1.11 bits per heavy atom. The number of allylic oxidation sites excluding steroid dienone is 1. The zero-order valence-corrected chi connectivity index (χ0v) is 11.7. The van der Waals surface area contributed by atoms with E-state index in [0.29, 0.717) is 6.42 Å². The highest BCUT2D eigenvalue weighted by Crippen LogP contribution is 2.29. The van der Waals surface area contributed by atoms with Gasteiger partial charge in [-0.3, -0.25) is 4.79 Å². The summed E-state index contributed by atoms with van der Waals surface area (Å²) in [6.07, 6.45) is 2.27. The number of halogens is 3. The molecule has 0 heterocycles. The Hall–Kier alpha value is -1.00. The van der Waals surface area contributed by atoms with Crippen LogP contribution in [0.15, 0.2) is 11.6 Å². The smallest absolute Gasteiger partial charge is 0.412 e. The molecule has 0 N–H and O–H groups in total. The Bertz CT molecular complexity index is 283. The Balaban J connectivity index is 4.04. The second kappa shape index (κ2) is 9.87. The van der Waals surface area contributed by atoms with Gasteiger partial charge in [0.15, 0.2) is 0 Å². The molecule has 0 aromatic rings. The third kappa shape index (κ3) is 10.6. The lowest BCUT2D eigenvalue weighted by molar-refractivity contribution is -0.140. The van der Waals surface area contributed by atoms with Gasteiger partial charge in [-0.05, 0) is 18.9 Å². The van der Waals surface area contributed by atoms with Crippen LogP contribution in [-0.2, 0) is 9.53 Å². The molecule has 112 valence electrons. The van der Waals surface area contributed by atoms with Crippen molar-refractivity contribution >= 4 is 5.97 Å². The minimum atomic E-state index is -4.33. The third-order valence-electron chi connectivity index (χ3n) is 2.78. The molecule has 0 aliphatic carbocycles. The summed E-state index contributed by atoms with van der Waals surface area (Å²) in [5.74, 6) is -0.572. The molecule has 5 heteroatoms. The van der Waals surface area contributed by atoms with E-state index >= 15 is 0 Å². The molecule has 0 saturated carbocycles. The van der Waals surface area contributed by atoms with E-state index in [4.69, 9.17) is 0 Å². The minimum Gasteiger partial charge on any atom is -0.462 e. The molecular formula is C14H23F3O2. The number of carbonyl (C=O) groups is 1. The number of unbranched alkanes of at least 4 members (excludes halogenated alkanes) is 5. The Morgan fingerprint density at radius 3 is 2.21 bits per heavy atom. The maximum Gasteiger partial charge on any atom is 0.412 e. The highest BCUT2D eigenvalue weighted by atomic mass is 19.4. The van der Waals surface area contributed by atoms with Gasteiger partial charge in [0.05, 0.1) is 0 Å². The van der Waals surface area contributed by atoms with Crippen LogP contribution in [0.3, 0.4) is 0 Å². The zero-order chi connectivity index (χ0) is 14.7. The molecule has 0 unspecified atom stereocenters. The van der Waals surface area contributed by atoms with E-state index in [1.165, 1.54) is 6.92 Å². The molecule has 0 saturated heterocycles. The standard InChI is InChI=1S/C14H23F3O2/c1-3-4-5-6-7-8-9-13(14(15,16)17)10-11-19-12(2)18/h10H,3-9,11H2,1-2H3/b13-10+. The Kier molecular flexibility index (Phi) is 9.35. The molecule has 0 aromatic carbocycles. The van der Waals surface area contributed by atoms with Gasteiger partial charge in [0.25, 0.3) is 0 Å². The van der Waals surface area contributed by atoms with Gasteiger partial charge in [-0.2, -0.15) is 13.2 Å². The lowest BCUT2D eigenvalue weighted by Gasteiger charge is -2.12. The third-order valence-corrected chi connectivity index (χ3v) is 2.78. The minimum absolute atomic E-state index is 0.00309. The van der Waals surface area contributed by atoms with Crippen molar-refractivity contribution in [3.05, 3.63) is 11.6 Å². The molecule has 0 bridgehead atoms. The number of alkyl halides is 3. The van der Waals surface area contributed by atoms with Gasteiger partial charge < -0.3 is 4.74 Å². The molecule has 0 aliphatic rings. The summed E-state index contributed by atoms with van der Waals surface area (Å²) in [6.45, 7) is 2.97. The first-order valence-electron chi connectivity index (χ1n) is 6.77. The van der Waals surface area contributed by atoms with Gasteiger partial charge in [-0.1, -0.05) is 39.0 Å². The van der Waals surface area contributed by atoms with E-state index < -0.39 is 17.7 Å². The Labute approximate surface area is 113 Å². The van der Waals surface area contributed by atoms with Crippen LogP contribution in [-0.4, -0.2) is 18.8 Å². The highest BCUT2D eigenvalue weighted by Gasteiger charge is 2.32. The van der Waals surface area contributed by atoms with E-state index in [9.17, 15) is 18.0 Å². The maximum atomic E-state index is 12.7. The van der Waals surface area contributed by atoms with Crippen molar-refractivity contribution in [2.24, 2.45) is 0 Å². The Morgan fingerprint density at radius 2 is 1.68 bits per heavy atom. The fourth-order valence-corrected chi connectivity index (χ4v) is 1.71. The van der Waals surface area contributed by atoms with Gasteiger partial charge in [0.2, 0.25) is 0 Å². The van der Waals surface area contributed by atoms with Gasteiger partial charge in [0.1, 0.15) is 6.61 Å². The van der Waals surface area contributed by atoms with Gasteiger partial charge >= 0.3 is 12.1 Å². The molecule has 0 aliphatic heterocycles. The summed E-state index contributed by atoms with van der Waals surface area (Å²) >= 11 is 0. The van der Waals surface area contributed by atoms with Crippen LogP contribution in [0.1, 0.15) is 58.8 Å². The second-order valence-electron chi connectivity index (χ2n) is 4.55. The van der Waals surface area contributed by atoms with Crippen molar-refractivity contribution in [3.63, 3.8) is 0 Å². The molecule has 0 rings (SSSR count). The van der Waals surface area contributed by atoms with E-state index in [2.05, 4.69) is 11.7 Å². The predicted octanol–water partition coefficient (Wildman–Crippen LogP) is 4.79. The maximum absolute atomic E-state index is 12.7. The van der Waals surface area contributed by atoms with Crippen LogP contribution in [0.5, 0.6) is 0 Å². The summed E-state index contributed by atoms with van der Waals surface area (Å²) in [6, 6.07) is 0. The lowest BCUT2D eigenvalue weighted by Crippen LogP contribution is -2.13. The fourth-order valence-electron chi connectivity index (χ4n) is 1.71. The number of rotatable bonds is 9. The van der Waals surface area contributed by atoms with E-state index in [0.717, 1.165) is 38.2 Å². The largest absolute Gasteiger partial charge is 0.462 e. The quantitative estimate of drug-likeness (QED) is 0.345. The van der Waals surface area contributed by atoms with E-state index in [1.54, 1.807) is 0 Å². The molecule has 2 nitrogen and oxygen atoms in total. The molecule has 0 amide bonds. The number of carbonyl (C=O) groups excluding carboxylic acids is 1. The van der Waals surface area contributed by atoms with Gasteiger partial charge in [0, 0.05) is 12.5 Å². The van der Waals surface area contributed by atoms with Crippen LogP contribution in [0.2, 0.25) is 0 Å². The molecule has 0 fully saturated rings. The van der Waals surface area contributed by atoms with Crippen molar-refractivity contribution in [2.45, 2.75) is 65.0 Å². The molecular weight excluding hydrogens is 257 g/mol. The predicted molar refractivity (Wildman–Crippen MR) is 68.8 cm³/mol. The zero-order valence-electron chi connectivity index (χ0n) is 11.7. The van der Waals surface area contributed by atoms with Crippen molar-refractivity contribution in [1.82, 2.24) is 0 Å². The normalized spacial score (nSPS) is 12.6. The number of ether oxygens (including phenoxy) is 1. The average molecular weight is 280 g/mol. The van der Waals surface area contributed by atoms with Crippen LogP contribution in [0.4, 0.5) is 13.2 Å². The van der Waals surface area contributed by atoms with Crippen molar-refractivity contribution in [3.8, 4) is 0 Å². The summed E-state index contributed by atoms with van der Waals surface area (Å²) in [5, 5.41) is 0. The molecule has 0 spiro atoms. The lowest BCUT2D eigenvalue weighted by atomic mass is 10.0. The fraction of sp³-hybridized carbons (Fsp3) is 0.786. The van der Waals surface area contributed by atoms with Crippen molar-refractivity contribution < 1.29 is 22.7 Å². The van der Waals surface area contributed by atoms with E-state index in [-0.39, 0.29) is 13.0 Å². The summed E-state index contributed by atoms with van der Waals surface area (Å²) in [5.41, 5.74) is -0.593. The first kappa shape index (κ1) is 18.0. The number of hydrogen-bond donors (Lipinski definition) is 0. The molecule has 19 heavy (non-hydrogen) atoms. The van der Waals surface area contributed by atoms with Crippen molar-refractivity contribution in [2.75, 3.05) is 6.61 Å². The number of esters is 1. The van der Waals surface area contributed by atoms with Crippen LogP contribution >= 0.6 is 0 Å². The van der Waals surface area contributed by atoms with Gasteiger partial charge in [-0.25, -0.2) is 0 Å².